The van der Waals surface area contributed by atoms with Crippen molar-refractivity contribution in [2.75, 3.05) is 38.2 Å². The number of fused-ring (bicyclic) bond motifs is 3. The average Bonchev–Trinajstić information content (AvgIpc) is 2.92. The molecular formula is C28H38N6O4. The Morgan fingerprint density at radius 2 is 1.95 bits per heavy atom. The number of anilines is 1. The van der Waals surface area contributed by atoms with Crippen molar-refractivity contribution < 1.29 is 14.3 Å². The highest BCUT2D eigenvalue weighted by atomic mass is 16.6. The van der Waals surface area contributed by atoms with Crippen LogP contribution in [0.15, 0.2) is 29.2 Å². The number of unbranched alkanes of at least 4 members (excludes halogenated alkanes) is 1. The van der Waals surface area contributed by atoms with E-state index >= 15 is 0 Å². The van der Waals surface area contributed by atoms with Gasteiger partial charge in [-0.25, -0.2) is 9.78 Å². The summed E-state index contributed by atoms with van der Waals surface area (Å²) in [7, 11) is 0. The normalized spacial score (nSPS) is 20.6. The number of hydrogen-bond donors (Lipinski definition) is 2. The van der Waals surface area contributed by atoms with Crippen LogP contribution in [-0.4, -0.2) is 64.5 Å². The van der Waals surface area contributed by atoms with E-state index in [4.69, 9.17) is 20.2 Å². The van der Waals surface area contributed by atoms with E-state index in [-0.39, 0.29) is 17.6 Å². The number of nitrogens with zero attached hydrogens (tertiary/aromatic N) is 4. The van der Waals surface area contributed by atoms with Gasteiger partial charge < -0.3 is 20.5 Å². The van der Waals surface area contributed by atoms with Gasteiger partial charge in [0, 0.05) is 49.7 Å². The van der Waals surface area contributed by atoms with Gasteiger partial charge in [-0.15, -0.1) is 0 Å². The lowest BCUT2D eigenvalue weighted by Crippen LogP contribution is -2.35. The zero-order valence-corrected chi connectivity index (χ0v) is 22.2. The molecule has 10 heteroatoms. The molecule has 1 saturated heterocycles. The van der Waals surface area contributed by atoms with Crippen LogP contribution in [0.25, 0.3) is 21.8 Å². The molecule has 2 aromatic heterocycles. The molecule has 3 N–H and O–H groups in total. The molecule has 10 nitrogen and oxygen atoms in total. The number of benzene rings is 1. The molecule has 1 amide bonds. The first-order valence-corrected chi connectivity index (χ1v) is 13.8. The third-order valence-electron chi connectivity index (χ3n) is 7.71. The Labute approximate surface area is 222 Å². The second-order valence-electron chi connectivity index (χ2n) is 10.5. The van der Waals surface area contributed by atoms with Crippen molar-refractivity contribution >= 4 is 33.8 Å². The lowest BCUT2D eigenvalue weighted by Gasteiger charge is -2.28. The molecule has 0 spiro atoms. The quantitative estimate of drug-likeness (QED) is 0.322. The first-order valence-electron chi connectivity index (χ1n) is 13.8. The molecule has 204 valence electrons. The van der Waals surface area contributed by atoms with Gasteiger partial charge in [-0.2, -0.15) is 4.98 Å². The summed E-state index contributed by atoms with van der Waals surface area (Å²) < 4.78 is 12.5. The molecule has 3 heterocycles. The second kappa shape index (κ2) is 12.1. The van der Waals surface area contributed by atoms with Crippen LogP contribution in [-0.2, 0) is 22.6 Å². The van der Waals surface area contributed by atoms with Crippen LogP contribution in [0.1, 0.15) is 51.0 Å². The molecule has 1 aliphatic heterocycles. The summed E-state index contributed by atoms with van der Waals surface area (Å²) in [5.41, 5.74) is 6.96. The number of morpholine rings is 1. The van der Waals surface area contributed by atoms with Crippen LogP contribution in [0, 0.1) is 5.92 Å². The van der Waals surface area contributed by atoms with Crippen molar-refractivity contribution in [3.05, 3.63) is 40.3 Å². The maximum absolute atomic E-state index is 14.0. The van der Waals surface area contributed by atoms with Crippen molar-refractivity contribution in [1.29, 1.82) is 0 Å². The van der Waals surface area contributed by atoms with E-state index in [0.29, 0.717) is 23.5 Å². The van der Waals surface area contributed by atoms with Gasteiger partial charge in [0.05, 0.1) is 13.2 Å². The largest absolute Gasteiger partial charge is 0.446 e. The highest BCUT2D eigenvalue weighted by Crippen LogP contribution is 2.30. The number of nitrogens with two attached hydrogens (primary N) is 1. The minimum absolute atomic E-state index is 0.0231. The lowest BCUT2D eigenvalue weighted by molar-refractivity contribution is 0.0342. The van der Waals surface area contributed by atoms with Crippen LogP contribution in [0.5, 0.6) is 0 Å². The number of rotatable bonds is 9. The Morgan fingerprint density at radius 3 is 2.68 bits per heavy atom. The second-order valence-corrected chi connectivity index (χ2v) is 10.5. The fourth-order valence-electron chi connectivity index (χ4n) is 5.62. The number of amides is 1. The topological polar surface area (TPSA) is 125 Å². The van der Waals surface area contributed by atoms with E-state index in [0.717, 1.165) is 94.3 Å². The molecule has 1 aliphatic carbocycles. The van der Waals surface area contributed by atoms with E-state index in [1.54, 1.807) is 0 Å². The predicted octanol–water partition coefficient (Wildman–Crippen LogP) is 3.64. The molecule has 1 aromatic carbocycles. The first kappa shape index (κ1) is 26.4. The summed E-state index contributed by atoms with van der Waals surface area (Å²) in [6.45, 7) is 7.55. The number of carbonyl (C=O) groups is 1. The van der Waals surface area contributed by atoms with Crippen LogP contribution < -0.4 is 16.6 Å². The van der Waals surface area contributed by atoms with E-state index in [1.807, 2.05) is 22.9 Å². The fraction of sp³-hybridized carbons (Fsp3) is 0.571. The molecule has 5 rings (SSSR count). The van der Waals surface area contributed by atoms with Gasteiger partial charge in [-0.1, -0.05) is 25.5 Å². The summed E-state index contributed by atoms with van der Waals surface area (Å²) >= 11 is 0. The molecular weight excluding hydrogens is 484 g/mol. The number of ether oxygens (including phenoxy) is 2. The van der Waals surface area contributed by atoms with Gasteiger partial charge in [0.1, 0.15) is 11.8 Å². The number of nitrogens with one attached hydrogen (secondary N) is 1. The van der Waals surface area contributed by atoms with Gasteiger partial charge in [-0.3, -0.25) is 14.3 Å². The van der Waals surface area contributed by atoms with Crippen molar-refractivity contribution in [3.8, 4) is 0 Å². The molecule has 0 atom stereocenters. The van der Waals surface area contributed by atoms with Crippen molar-refractivity contribution in [1.82, 2.24) is 19.4 Å². The highest BCUT2D eigenvalue weighted by Gasteiger charge is 2.25. The van der Waals surface area contributed by atoms with E-state index in [1.165, 1.54) is 0 Å². The van der Waals surface area contributed by atoms with E-state index in [2.05, 4.69) is 28.2 Å². The molecule has 0 radical (unpaired) electrons. The third kappa shape index (κ3) is 6.07. The maximum atomic E-state index is 14.0. The van der Waals surface area contributed by atoms with Crippen LogP contribution >= 0.6 is 0 Å². The maximum Gasteiger partial charge on any atom is 0.404 e. The van der Waals surface area contributed by atoms with Gasteiger partial charge in [0.15, 0.2) is 0 Å². The Kier molecular flexibility index (Phi) is 8.38. The predicted molar refractivity (Wildman–Crippen MR) is 147 cm³/mol. The van der Waals surface area contributed by atoms with Crippen molar-refractivity contribution in [3.63, 3.8) is 0 Å². The molecule has 0 unspecified atom stereocenters. The van der Waals surface area contributed by atoms with E-state index in [9.17, 15) is 9.59 Å². The molecule has 3 aromatic rings. The van der Waals surface area contributed by atoms with Gasteiger partial charge in [-0.05, 0) is 55.0 Å². The summed E-state index contributed by atoms with van der Waals surface area (Å²) in [4.78, 5) is 36.9. The fourth-order valence-corrected chi connectivity index (χ4v) is 5.62. The Hall–Kier alpha value is -3.24. The van der Waals surface area contributed by atoms with E-state index < -0.39 is 6.09 Å². The average molecular weight is 523 g/mol. The highest BCUT2D eigenvalue weighted by molar-refractivity contribution is 6.04. The first-order chi connectivity index (χ1) is 18.5. The summed E-state index contributed by atoms with van der Waals surface area (Å²) in [6, 6.07) is 6.18. The molecule has 2 aliphatic rings. The summed E-state index contributed by atoms with van der Waals surface area (Å²) in [5.74, 6) is 0.824. The standard InChI is InChI=1S/C28H38N6O4/c1-2-3-10-30-28-31-16-24-22-9-6-20(17-33-11-13-37-14-12-33)15-23(22)26(35)34(25(24)32-28)18-19-4-7-21(8-5-19)38-27(29)36/h6,9,15-16,19,21H,2-5,7-8,10-14,17-18H2,1H3,(H2,29,36)(H,30,31,32). The van der Waals surface area contributed by atoms with Gasteiger partial charge >= 0.3 is 6.09 Å². The molecule has 2 fully saturated rings. The number of primary amides is 1. The Morgan fingerprint density at radius 1 is 1.16 bits per heavy atom. The monoisotopic (exact) mass is 522 g/mol. The minimum Gasteiger partial charge on any atom is -0.446 e. The third-order valence-corrected chi connectivity index (χ3v) is 7.71. The van der Waals surface area contributed by atoms with Crippen LogP contribution in [0.2, 0.25) is 0 Å². The van der Waals surface area contributed by atoms with Crippen LogP contribution in [0.3, 0.4) is 0 Å². The molecule has 1 saturated carbocycles. The number of hydrogen-bond acceptors (Lipinski definition) is 8. The molecule has 0 bridgehead atoms. The number of pyridine rings is 1. The van der Waals surface area contributed by atoms with Gasteiger partial charge in [0.25, 0.3) is 5.56 Å². The summed E-state index contributed by atoms with van der Waals surface area (Å²) in [6.07, 6.45) is 6.27. The minimum atomic E-state index is -0.724. The Bertz CT molecular complexity index is 1330. The Balaban J connectivity index is 1.49. The summed E-state index contributed by atoms with van der Waals surface area (Å²) in [5, 5.41) is 5.76. The van der Waals surface area contributed by atoms with Gasteiger partial charge in [0.2, 0.25) is 5.95 Å². The zero-order chi connectivity index (χ0) is 26.5. The van der Waals surface area contributed by atoms with Crippen molar-refractivity contribution in [2.24, 2.45) is 11.7 Å². The van der Waals surface area contributed by atoms with Crippen LogP contribution in [0.4, 0.5) is 10.7 Å². The molecule has 38 heavy (non-hydrogen) atoms. The zero-order valence-electron chi connectivity index (χ0n) is 22.2. The number of carbonyl (C=O) groups excluding carboxylic acids is 1. The number of aromatic nitrogens is 3. The lowest BCUT2D eigenvalue weighted by atomic mass is 9.87. The van der Waals surface area contributed by atoms with Crippen molar-refractivity contribution in [2.45, 2.75) is 64.6 Å². The smallest absolute Gasteiger partial charge is 0.404 e. The SMILES string of the molecule is CCCCNc1ncc2c3ccc(CN4CCOCC4)cc3c(=O)n(CC3CCC(OC(N)=O)CC3)c2n1.